The molecule has 1 aliphatic carbocycles. The summed E-state index contributed by atoms with van der Waals surface area (Å²) in [6.45, 7) is 0.638. The maximum Gasteiger partial charge on any atom is 0.156 e. The number of ether oxygens (including phenoxy) is 1. The molecule has 3 heteroatoms. The Hall–Kier alpha value is -0.930. The standard InChI is InChI=1S/C12H12O2S/c13-10-4-8-6-11(12-2-1-3-15-12)14-7-9(8)5-10/h1-3,5,8,11H,4,6-7H2/t8-,11-/m0/s1. The van der Waals surface area contributed by atoms with Crippen molar-refractivity contribution in [2.75, 3.05) is 6.61 Å². The van der Waals surface area contributed by atoms with Crippen LogP contribution in [0.25, 0.3) is 0 Å². The Morgan fingerprint density at radius 3 is 3.20 bits per heavy atom. The van der Waals surface area contributed by atoms with Gasteiger partial charge in [-0.1, -0.05) is 6.07 Å². The fourth-order valence-corrected chi connectivity index (χ4v) is 3.14. The average molecular weight is 220 g/mol. The van der Waals surface area contributed by atoms with Crippen LogP contribution >= 0.6 is 11.3 Å². The number of ketones is 1. The number of allylic oxidation sites excluding steroid dienone is 1. The van der Waals surface area contributed by atoms with Crippen molar-refractivity contribution in [3.8, 4) is 0 Å². The minimum Gasteiger partial charge on any atom is -0.368 e. The SMILES string of the molecule is O=C1C=C2CO[C@H](c3cccs3)C[C@@H]2C1. The number of thiophene rings is 1. The van der Waals surface area contributed by atoms with Crippen molar-refractivity contribution in [3.63, 3.8) is 0 Å². The molecule has 2 aliphatic rings. The molecule has 2 nitrogen and oxygen atoms in total. The van der Waals surface area contributed by atoms with E-state index in [0.29, 0.717) is 18.9 Å². The summed E-state index contributed by atoms with van der Waals surface area (Å²) in [6.07, 6.45) is 3.64. The van der Waals surface area contributed by atoms with Crippen molar-refractivity contribution in [2.24, 2.45) is 5.92 Å². The highest BCUT2D eigenvalue weighted by Gasteiger charge is 2.33. The number of fused-ring (bicyclic) bond motifs is 1. The number of hydrogen-bond donors (Lipinski definition) is 0. The molecule has 0 bridgehead atoms. The maximum absolute atomic E-state index is 11.3. The molecule has 1 aromatic heterocycles. The van der Waals surface area contributed by atoms with E-state index >= 15 is 0 Å². The zero-order valence-electron chi connectivity index (χ0n) is 8.31. The Kier molecular flexibility index (Phi) is 2.22. The van der Waals surface area contributed by atoms with E-state index in [2.05, 4.69) is 17.5 Å². The fraction of sp³-hybridized carbons (Fsp3) is 0.417. The molecule has 0 unspecified atom stereocenters. The van der Waals surface area contributed by atoms with Crippen LogP contribution in [-0.4, -0.2) is 12.4 Å². The van der Waals surface area contributed by atoms with Crippen LogP contribution in [-0.2, 0) is 9.53 Å². The highest BCUT2D eigenvalue weighted by molar-refractivity contribution is 7.10. The molecule has 3 rings (SSSR count). The summed E-state index contributed by atoms with van der Waals surface area (Å²) in [5.41, 5.74) is 1.20. The van der Waals surface area contributed by atoms with Gasteiger partial charge in [0.2, 0.25) is 0 Å². The van der Waals surface area contributed by atoms with Gasteiger partial charge in [-0.2, -0.15) is 0 Å². The summed E-state index contributed by atoms with van der Waals surface area (Å²) < 4.78 is 5.77. The van der Waals surface area contributed by atoms with Crippen molar-refractivity contribution in [1.29, 1.82) is 0 Å². The fourth-order valence-electron chi connectivity index (χ4n) is 2.35. The van der Waals surface area contributed by atoms with E-state index in [1.54, 1.807) is 17.4 Å². The van der Waals surface area contributed by atoms with Crippen LogP contribution < -0.4 is 0 Å². The second-order valence-electron chi connectivity index (χ2n) is 4.14. The Labute approximate surface area is 92.6 Å². The van der Waals surface area contributed by atoms with E-state index in [4.69, 9.17) is 4.74 Å². The summed E-state index contributed by atoms with van der Waals surface area (Å²) in [5, 5.41) is 2.07. The van der Waals surface area contributed by atoms with Crippen LogP contribution in [0.5, 0.6) is 0 Å². The van der Waals surface area contributed by atoms with Gasteiger partial charge in [-0.3, -0.25) is 4.79 Å². The first-order valence-electron chi connectivity index (χ1n) is 5.21. The lowest BCUT2D eigenvalue weighted by atomic mass is 9.92. The molecule has 1 aromatic rings. The Morgan fingerprint density at radius 2 is 2.40 bits per heavy atom. The van der Waals surface area contributed by atoms with Crippen LogP contribution in [0.4, 0.5) is 0 Å². The zero-order chi connectivity index (χ0) is 10.3. The third kappa shape index (κ3) is 1.66. The minimum atomic E-state index is 0.207. The number of carbonyl (C=O) groups excluding carboxylic acids is 1. The second-order valence-corrected chi connectivity index (χ2v) is 5.12. The summed E-state index contributed by atoms with van der Waals surface area (Å²) >= 11 is 1.74. The van der Waals surface area contributed by atoms with Crippen LogP contribution in [0.2, 0.25) is 0 Å². The molecule has 0 radical (unpaired) electrons. The van der Waals surface area contributed by atoms with Crippen LogP contribution in [0.15, 0.2) is 29.2 Å². The van der Waals surface area contributed by atoms with Gasteiger partial charge in [0.15, 0.2) is 5.78 Å². The molecule has 1 saturated heterocycles. The van der Waals surface area contributed by atoms with Gasteiger partial charge < -0.3 is 4.74 Å². The van der Waals surface area contributed by atoms with E-state index in [1.165, 1.54) is 10.5 Å². The molecule has 0 N–H and O–H groups in total. The van der Waals surface area contributed by atoms with Crippen molar-refractivity contribution in [1.82, 2.24) is 0 Å². The van der Waals surface area contributed by atoms with Crippen molar-refractivity contribution in [3.05, 3.63) is 34.0 Å². The van der Waals surface area contributed by atoms with E-state index in [0.717, 1.165) is 6.42 Å². The van der Waals surface area contributed by atoms with Crippen LogP contribution in [0, 0.1) is 5.92 Å². The van der Waals surface area contributed by atoms with E-state index < -0.39 is 0 Å². The second kappa shape index (κ2) is 3.58. The van der Waals surface area contributed by atoms with Gasteiger partial charge in [0.25, 0.3) is 0 Å². The van der Waals surface area contributed by atoms with Crippen molar-refractivity contribution in [2.45, 2.75) is 18.9 Å². The molecular weight excluding hydrogens is 208 g/mol. The summed E-state index contributed by atoms with van der Waals surface area (Å²) in [7, 11) is 0. The molecule has 1 fully saturated rings. The minimum absolute atomic E-state index is 0.207. The molecule has 0 saturated carbocycles. The normalized spacial score (nSPS) is 30.1. The Balaban J connectivity index is 1.78. The first-order valence-corrected chi connectivity index (χ1v) is 6.09. The Morgan fingerprint density at radius 1 is 1.47 bits per heavy atom. The highest BCUT2D eigenvalue weighted by Crippen LogP contribution is 2.40. The average Bonchev–Trinajstić information content (AvgIpc) is 2.82. The third-order valence-corrected chi connectivity index (χ3v) is 4.09. The van der Waals surface area contributed by atoms with Gasteiger partial charge in [-0.15, -0.1) is 11.3 Å². The molecular formula is C12H12O2S. The predicted octanol–water partition coefficient (Wildman–Crippen LogP) is 2.72. The topological polar surface area (TPSA) is 26.3 Å². The monoisotopic (exact) mass is 220 g/mol. The predicted molar refractivity (Wildman–Crippen MR) is 58.8 cm³/mol. The molecule has 0 amide bonds. The quantitative estimate of drug-likeness (QED) is 0.727. The van der Waals surface area contributed by atoms with Crippen molar-refractivity contribution < 1.29 is 9.53 Å². The lowest BCUT2D eigenvalue weighted by molar-refractivity contribution is -0.114. The van der Waals surface area contributed by atoms with Gasteiger partial charge in [-0.25, -0.2) is 0 Å². The Bertz CT molecular complexity index is 405. The summed E-state index contributed by atoms with van der Waals surface area (Å²) in [5.74, 6) is 0.712. The smallest absolute Gasteiger partial charge is 0.156 e. The zero-order valence-corrected chi connectivity index (χ0v) is 9.13. The van der Waals surface area contributed by atoms with E-state index in [-0.39, 0.29) is 11.9 Å². The van der Waals surface area contributed by atoms with Gasteiger partial charge in [0.1, 0.15) is 0 Å². The number of carbonyl (C=O) groups is 1. The van der Waals surface area contributed by atoms with Gasteiger partial charge in [0, 0.05) is 11.3 Å². The van der Waals surface area contributed by atoms with E-state index in [9.17, 15) is 4.79 Å². The first-order chi connectivity index (χ1) is 7.33. The molecule has 15 heavy (non-hydrogen) atoms. The third-order valence-electron chi connectivity index (χ3n) is 3.13. The van der Waals surface area contributed by atoms with Crippen LogP contribution in [0.1, 0.15) is 23.8 Å². The van der Waals surface area contributed by atoms with Gasteiger partial charge in [-0.05, 0) is 35.4 Å². The first kappa shape index (κ1) is 9.31. The largest absolute Gasteiger partial charge is 0.368 e. The molecule has 1 aliphatic heterocycles. The molecule has 0 spiro atoms. The lowest BCUT2D eigenvalue weighted by Gasteiger charge is -2.28. The molecule has 78 valence electrons. The number of hydrogen-bond acceptors (Lipinski definition) is 3. The van der Waals surface area contributed by atoms with Crippen molar-refractivity contribution >= 4 is 17.1 Å². The van der Waals surface area contributed by atoms with Crippen LogP contribution in [0.3, 0.4) is 0 Å². The highest BCUT2D eigenvalue weighted by atomic mass is 32.1. The number of rotatable bonds is 1. The summed E-state index contributed by atoms with van der Waals surface area (Å²) in [4.78, 5) is 12.6. The van der Waals surface area contributed by atoms with Gasteiger partial charge in [0.05, 0.1) is 12.7 Å². The molecule has 2 atom stereocenters. The maximum atomic E-state index is 11.3. The molecule has 0 aromatic carbocycles. The molecule has 2 heterocycles. The van der Waals surface area contributed by atoms with E-state index in [1.807, 2.05) is 0 Å². The summed E-state index contributed by atoms with van der Waals surface area (Å²) in [6, 6.07) is 4.16. The van der Waals surface area contributed by atoms with Gasteiger partial charge >= 0.3 is 0 Å². The lowest BCUT2D eigenvalue weighted by Crippen LogP contribution is -2.19.